The molecule has 1 aromatic rings. The monoisotopic (exact) mass is 348 g/mol. The zero-order valence-electron chi connectivity index (χ0n) is 14.7. The van der Waals surface area contributed by atoms with Gasteiger partial charge in [0.25, 0.3) is 0 Å². The van der Waals surface area contributed by atoms with Crippen molar-refractivity contribution in [3.63, 3.8) is 0 Å². The minimum atomic E-state index is -0.451. The number of likely N-dealkylation sites (tertiary alicyclic amines) is 1. The second-order valence-corrected chi connectivity index (χ2v) is 7.33. The van der Waals surface area contributed by atoms with Crippen LogP contribution in [0.5, 0.6) is 0 Å². The number of anilines is 1. The van der Waals surface area contributed by atoms with Crippen molar-refractivity contribution in [1.82, 2.24) is 4.90 Å². The number of amides is 2. The Morgan fingerprint density at radius 3 is 2.76 bits per heavy atom. The maximum Gasteiger partial charge on any atom is 0.228 e. The van der Waals surface area contributed by atoms with Crippen LogP contribution in [0.4, 0.5) is 10.1 Å². The second-order valence-electron chi connectivity index (χ2n) is 7.33. The number of carbonyl (C=O) groups excluding carboxylic acids is 2. The summed E-state index contributed by atoms with van der Waals surface area (Å²) >= 11 is 0. The fourth-order valence-electron chi connectivity index (χ4n) is 3.81. The van der Waals surface area contributed by atoms with E-state index in [0.717, 1.165) is 18.4 Å². The van der Waals surface area contributed by atoms with Crippen molar-refractivity contribution in [3.8, 4) is 0 Å². The molecule has 0 aromatic heterocycles. The lowest BCUT2D eigenvalue weighted by Crippen LogP contribution is -2.49. The molecule has 2 heterocycles. The van der Waals surface area contributed by atoms with Crippen LogP contribution in [-0.4, -0.2) is 47.6 Å². The number of nitrogens with zero attached hydrogens (tertiary/aromatic N) is 2. The average Bonchev–Trinajstić information content (AvgIpc) is 2.96. The Morgan fingerprint density at radius 1 is 1.32 bits per heavy atom. The summed E-state index contributed by atoms with van der Waals surface area (Å²) in [6.45, 7) is 4.60. The van der Waals surface area contributed by atoms with Crippen molar-refractivity contribution in [2.24, 2.45) is 11.8 Å². The summed E-state index contributed by atoms with van der Waals surface area (Å²) in [6, 6.07) is 4.87. The van der Waals surface area contributed by atoms with Crippen molar-refractivity contribution in [2.45, 2.75) is 39.2 Å². The molecule has 0 radical (unpaired) electrons. The number of aryl methyl sites for hydroxylation is 1. The normalized spacial score (nSPS) is 27.0. The van der Waals surface area contributed by atoms with E-state index in [1.165, 1.54) is 11.0 Å². The van der Waals surface area contributed by atoms with Crippen LogP contribution in [0.25, 0.3) is 0 Å². The van der Waals surface area contributed by atoms with Gasteiger partial charge in [0.1, 0.15) is 5.82 Å². The van der Waals surface area contributed by atoms with Crippen LogP contribution in [0.1, 0.15) is 31.7 Å². The molecular weight excluding hydrogens is 323 g/mol. The summed E-state index contributed by atoms with van der Waals surface area (Å²) in [5.74, 6) is -1.07. The SMILES string of the molecule is Cc1ccc(N2CC(C(=O)N3CC(CO)CCC3C)CC2=O)c(F)c1. The minimum absolute atomic E-state index is 0.0611. The molecule has 3 atom stereocenters. The molecule has 136 valence electrons. The fourth-order valence-corrected chi connectivity index (χ4v) is 3.81. The number of hydrogen-bond donors (Lipinski definition) is 1. The van der Waals surface area contributed by atoms with Gasteiger partial charge in [-0.05, 0) is 50.3 Å². The Kier molecular flexibility index (Phi) is 5.08. The first-order valence-corrected chi connectivity index (χ1v) is 8.88. The van der Waals surface area contributed by atoms with Gasteiger partial charge in [-0.3, -0.25) is 9.59 Å². The molecule has 3 unspecified atom stereocenters. The topological polar surface area (TPSA) is 60.9 Å². The number of piperidine rings is 1. The van der Waals surface area contributed by atoms with Gasteiger partial charge in [-0.2, -0.15) is 0 Å². The number of hydrogen-bond acceptors (Lipinski definition) is 3. The average molecular weight is 348 g/mol. The number of rotatable bonds is 3. The van der Waals surface area contributed by atoms with E-state index in [1.54, 1.807) is 24.0 Å². The highest BCUT2D eigenvalue weighted by atomic mass is 19.1. The summed E-state index contributed by atoms with van der Waals surface area (Å²) in [7, 11) is 0. The lowest BCUT2D eigenvalue weighted by molar-refractivity contribution is -0.140. The Labute approximate surface area is 147 Å². The maximum atomic E-state index is 14.2. The number of benzene rings is 1. The van der Waals surface area contributed by atoms with Crippen molar-refractivity contribution >= 4 is 17.5 Å². The molecule has 25 heavy (non-hydrogen) atoms. The quantitative estimate of drug-likeness (QED) is 0.910. The Hall–Kier alpha value is -1.95. The highest BCUT2D eigenvalue weighted by Crippen LogP contribution is 2.31. The van der Waals surface area contributed by atoms with Crippen LogP contribution in [0.2, 0.25) is 0 Å². The van der Waals surface area contributed by atoms with Gasteiger partial charge < -0.3 is 14.9 Å². The van der Waals surface area contributed by atoms with Gasteiger partial charge >= 0.3 is 0 Å². The molecule has 2 aliphatic rings. The van der Waals surface area contributed by atoms with Gasteiger partial charge in [-0.1, -0.05) is 6.07 Å². The van der Waals surface area contributed by atoms with Crippen molar-refractivity contribution in [3.05, 3.63) is 29.6 Å². The minimum Gasteiger partial charge on any atom is -0.396 e. The summed E-state index contributed by atoms with van der Waals surface area (Å²) in [4.78, 5) is 28.4. The fraction of sp³-hybridized carbons (Fsp3) is 0.579. The molecule has 1 N–H and O–H groups in total. The maximum absolute atomic E-state index is 14.2. The number of carbonyl (C=O) groups is 2. The molecule has 3 rings (SSSR count). The molecule has 0 saturated carbocycles. The van der Waals surface area contributed by atoms with E-state index in [1.807, 2.05) is 6.92 Å². The molecule has 6 heteroatoms. The van der Waals surface area contributed by atoms with Crippen LogP contribution in [-0.2, 0) is 9.59 Å². The molecule has 0 spiro atoms. The predicted molar refractivity (Wildman–Crippen MR) is 92.6 cm³/mol. The van der Waals surface area contributed by atoms with Gasteiger partial charge in [0.2, 0.25) is 11.8 Å². The Balaban J connectivity index is 1.74. The van der Waals surface area contributed by atoms with Crippen molar-refractivity contribution < 1.29 is 19.1 Å². The van der Waals surface area contributed by atoms with Crippen molar-refractivity contribution in [1.29, 1.82) is 0 Å². The standard InChI is InChI=1S/C19H25FN2O3/c1-12-3-6-17(16(20)7-12)22-10-15(8-18(22)24)19(25)21-9-14(11-23)5-4-13(21)2/h3,6-7,13-15,23H,4-5,8-11H2,1-2H3. The van der Waals surface area contributed by atoms with Crippen LogP contribution >= 0.6 is 0 Å². The van der Waals surface area contributed by atoms with Gasteiger partial charge in [0, 0.05) is 32.2 Å². The summed E-state index contributed by atoms with van der Waals surface area (Å²) in [5.41, 5.74) is 1.03. The smallest absolute Gasteiger partial charge is 0.228 e. The van der Waals surface area contributed by atoms with Gasteiger partial charge in [-0.15, -0.1) is 0 Å². The van der Waals surface area contributed by atoms with Crippen LogP contribution < -0.4 is 4.90 Å². The summed E-state index contributed by atoms with van der Waals surface area (Å²) < 4.78 is 14.2. The molecule has 2 saturated heterocycles. The van der Waals surface area contributed by atoms with Gasteiger partial charge in [-0.25, -0.2) is 4.39 Å². The van der Waals surface area contributed by atoms with E-state index >= 15 is 0 Å². The summed E-state index contributed by atoms with van der Waals surface area (Å²) in [6.07, 6.45) is 1.87. The molecule has 2 aliphatic heterocycles. The zero-order valence-corrected chi connectivity index (χ0v) is 14.7. The first-order chi connectivity index (χ1) is 11.9. The van der Waals surface area contributed by atoms with Gasteiger partial charge in [0.05, 0.1) is 11.6 Å². The van der Waals surface area contributed by atoms with E-state index < -0.39 is 11.7 Å². The van der Waals surface area contributed by atoms with Crippen LogP contribution in [0.3, 0.4) is 0 Å². The Morgan fingerprint density at radius 2 is 2.08 bits per heavy atom. The molecule has 0 bridgehead atoms. The molecule has 2 fully saturated rings. The van der Waals surface area contributed by atoms with Crippen LogP contribution in [0, 0.1) is 24.6 Å². The van der Waals surface area contributed by atoms with E-state index in [2.05, 4.69) is 0 Å². The lowest BCUT2D eigenvalue weighted by Gasteiger charge is -2.38. The number of halogens is 1. The highest BCUT2D eigenvalue weighted by Gasteiger charge is 2.40. The second kappa shape index (κ2) is 7.12. The van der Waals surface area contributed by atoms with E-state index in [-0.39, 0.29) is 49.0 Å². The van der Waals surface area contributed by atoms with Crippen LogP contribution in [0.15, 0.2) is 18.2 Å². The summed E-state index contributed by atoms with van der Waals surface area (Å²) in [5, 5.41) is 9.39. The number of aliphatic hydroxyl groups excluding tert-OH is 1. The molecule has 5 nitrogen and oxygen atoms in total. The first kappa shape index (κ1) is 17.9. The third kappa shape index (κ3) is 3.54. The van der Waals surface area contributed by atoms with E-state index in [4.69, 9.17) is 0 Å². The van der Waals surface area contributed by atoms with E-state index in [0.29, 0.717) is 6.54 Å². The third-order valence-electron chi connectivity index (χ3n) is 5.39. The van der Waals surface area contributed by atoms with E-state index in [9.17, 15) is 19.1 Å². The van der Waals surface area contributed by atoms with Crippen molar-refractivity contribution in [2.75, 3.05) is 24.6 Å². The lowest BCUT2D eigenvalue weighted by atomic mass is 9.92. The highest BCUT2D eigenvalue weighted by molar-refractivity contribution is 6.00. The zero-order chi connectivity index (χ0) is 18.1. The number of aliphatic hydroxyl groups is 1. The Bertz CT molecular complexity index is 679. The largest absolute Gasteiger partial charge is 0.396 e. The molecule has 2 amide bonds. The molecule has 0 aliphatic carbocycles. The first-order valence-electron chi connectivity index (χ1n) is 8.88. The molecular formula is C19H25FN2O3. The third-order valence-corrected chi connectivity index (χ3v) is 5.39. The predicted octanol–water partition coefficient (Wildman–Crippen LogP) is 2.11. The van der Waals surface area contributed by atoms with Gasteiger partial charge in [0.15, 0.2) is 0 Å². The molecule has 1 aromatic carbocycles.